The Labute approximate surface area is 95.0 Å². The Kier molecular flexibility index (Phi) is 4.14. The zero-order valence-corrected chi connectivity index (χ0v) is 10.9. The van der Waals surface area contributed by atoms with Gasteiger partial charge in [0.15, 0.2) is 0 Å². The summed E-state index contributed by atoms with van der Waals surface area (Å²) in [6.07, 6.45) is 0. The van der Waals surface area contributed by atoms with Gasteiger partial charge in [-0.1, -0.05) is 41.9 Å². The topological polar surface area (TPSA) is 12.0 Å². The van der Waals surface area contributed by atoms with Crippen LogP contribution in [0.3, 0.4) is 0 Å². The zero-order valence-electron chi connectivity index (χ0n) is 9.26. The van der Waals surface area contributed by atoms with Crippen LogP contribution < -0.4 is 5.32 Å². The Bertz CT molecular complexity index is 307. The molecule has 2 heteroatoms. The van der Waals surface area contributed by atoms with Crippen LogP contribution in [0, 0.1) is 12.8 Å². The minimum atomic E-state index is 0.446. The average Bonchev–Trinajstić information content (AvgIpc) is 2.11. The fourth-order valence-electron chi connectivity index (χ4n) is 1.75. The van der Waals surface area contributed by atoms with Gasteiger partial charge >= 0.3 is 0 Å². The molecule has 78 valence electrons. The molecule has 14 heavy (non-hydrogen) atoms. The van der Waals surface area contributed by atoms with Gasteiger partial charge < -0.3 is 5.32 Å². The van der Waals surface area contributed by atoms with Crippen molar-refractivity contribution < 1.29 is 0 Å². The van der Waals surface area contributed by atoms with Gasteiger partial charge in [-0.2, -0.15) is 0 Å². The predicted octanol–water partition coefficient (Wildman–Crippen LogP) is 3.67. The normalized spacial score (nSPS) is 13.3. The molecule has 0 fully saturated rings. The van der Waals surface area contributed by atoms with Crippen LogP contribution in [0.4, 0.5) is 0 Å². The monoisotopic (exact) mass is 255 g/mol. The first-order valence-corrected chi connectivity index (χ1v) is 5.79. The molecule has 1 N–H and O–H groups in total. The van der Waals surface area contributed by atoms with Crippen molar-refractivity contribution in [3.05, 3.63) is 33.8 Å². The standard InChI is InChI=1S/C12H18BrN/c1-8(2)12(14-4)10-5-6-11(13)9(3)7-10/h5-8,12,14H,1-4H3. The van der Waals surface area contributed by atoms with Crippen LogP contribution in [-0.2, 0) is 0 Å². The van der Waals surface area contributed by atoms with Crippen LogP contribution in [0.1, 0.15) is 31.0 Å². The van der Waals surface area contributed by atoms with Gasteiger partial charge in [-0.15, -0.1) is 0 Å². The molecule has 0 aliphatic rings. The van der Waals surface area contributed by atoms with Crippen molar-refractivity contribution >= 4 is 15.9 Å². The van der Waals surface area contributed by atoms with E-state index in [4.69, 9.17) is 0 Å². The maximum Gasteiger partial charge on any atom is 0.0340 e. The van der Waals surface area contributed by atoms with Gasteiger partial charge in [-0.05, 0) is 37.1 Å². The van der Waals surface area contributed by atoms with E-state index in [2.05, 4.69) is 60.2 Å². The Morgan fingerprint density at radius 3 is 2.36 bits per heavy atom. The maximum atomic E-state index is 3.52. The van der Waals surface area contributed by atoms with E-state index >= 15 is 0 Å². The van der Waals surface area contributed by atoms with E-state index in [0.717, 1.165) is 0 Å². The summed E-state index contributed by atoms with van der Waals surface area (Å²) in [4.78, 5) is 0. The lowest BCUT2D eigenvalue weighted by Gasteiger charge is -2.21. The first kappa shape index (κ1) is 11.7. The van der Waals surface area contributed by atoms with Gasteiger partial charge in [0, 0.05) is 10.5 Å². The summed E-state index contributed by atoms with van der Waals surface area (Å²) in [6, 6.07) is 6.99. The van der Waals surface area contributed by atoms with Crippen molar-refractivity contribution in [2.24, 2.45) is 5.92 Å². The van der Waals surface area contributed by atoms with Crippen molar-refractivity contribution in [1.29, 1.82) is 0 Å². The highest BCUT2D eigenvalue weighted by atomic mass is 79.9. The van der Waals surface area contributed by atoms with Gasteiger partial charge in [0.05, 0.1) is 0 Å². The molecule has 0 heterocycles. The quantitative estimate of drug-likeness (QED) is 0.870. The molecule has 1 unspecified atom stereocenters. The van der Waals surface area contributed by atoms with Crippen molar-refractivity contribution in [1.82, 2.24) is 5.32 Å². The van der Waals surface area contributed by atoms with Crippen molar-refractivity contribution in [3.8, 4) is 0 Å². The minimum absolute atomic E-state index is 0.446. The number of hydrogen-bond donors (Lipinski definition) is 1. The lowest BCUT2D eigenvalue weighted by molar-refractivity contribution is 0.443. The maximum absolute atomic E-state index is 3.52. The van der Waals surface area contributed by atoms with Gasteiger partial charge in [0.2, 0.25) is 0 Å². The van der Waals surface area contributed by atoms with Crippen LogP contribution in [0.15, 0.2) is 22.7 Å². The Hall–Kier alpha value is -0.340. The SMILES string of the molecule is CNC(c1ccc(Br)c(C)c1)C(C)C. The highest BCUT2D eigenvalue weighted by molar-refractivity contribution is 9.10. The second-order valence-electron chi connectivity index (χ2n) is 4.02. The molecule has 0 amide bonds. The zero-order chi connectivity index (χ0) is 10.7. The van der Waals surface area contributed by atoms with Gasteiger partial charge in [-0.3, -0.25) is 0 Å². The van der Waals surface area contributed by atoms with Crippen LogP contribution >= 0.6 is 15.9 Å². The molecule has 0 aromatic heterocycles. The van der Waals surface area contributed by atoms with Crippen LogP contribution in [-0.4, -0.2) is 7.05 Å². The van der Waals surface area contributed by atoms with Gasteiger partial charge in [0.25, 0.3) is 0 Å². The van der Waals surface area contributed by atoms with Gasteiger partial charge in [0.1, 0.15) is 0 Å². The summed E-state index contributed by atoms with van der Waals surface area (Å²) in [7, 11) is 2.02. The largest absolute Gasteiger partial charge is 0.313 e. The fourth-order valence-corrected chi connectivity index (χ4v) is 1.99. The van der Waals surface area contributed by atoms with Crippen LogP contribution in [0.25, 0.3) is 0 Å². The first-order chi connectivity index (χ1) is 6.56. The average molecular weight is 256 g/mol. The van der Waals surface area contributed by atoms with Crippen molar-refractivity contribution in [2.75, 3.05) is 7.05 Å². The van der Waals surface area contributed by atoms with E-state index in [1.807, 2.05) is 7.05 Å². The lowest BCUT2D eigenvalue weighted by atomic mass is 9.95. The molecule has 0 saturated carbocycles. The molecule has 0 aliphatic carbocycles. The summed E-state index contributed by atoms with van der Waals surface area (Å²) in [5.74, 6) is 0.612. The summed E-state index contributed by atoms with van der Waals surface area (Å²) in [5.41, 5.74) is 2.66. The molecule has 0 spiro atoms. The van der Waals surface area contributed by atoms with Crippen molar-refractivity contribution in [3.63, 3.8) is 0 Å². The van der Waals surface area contributed by atoms with E-state index in [0.29, 0.717) is 12.0 Å². The molecule has 1 aromatic rings. The van der Waals surface area contributed by atoms with E-state index in [-0.39, 0.29) is 0 Å². The Morgan fingerprint density at radius 2 is 1.93 bits per heavy atom. The molecule has 1 atom stereocenters. The van der Waals surface area contributed by atoms with E-state index in [1.54, 1.807) is 0 Å². The molecule has 1 nitrogen and oxygen atoms in total. The second-order valence-corrected chi connectivity index (χ2v) is 4.87. The number of halogens is 1. The van der Waals surface area contributed by atoms with E-state index < -0.39 is 0 Å². The molecular weight excluding hydrogens is 238 g/mol. The van der Waals surface area contributed by atoms with E-state index in [1.165, 1.54) is 15.6 Å². The number of nitrogens with one attached hydrogen (secondary N) is 1. The Balaban J connectivity index is 3.00. The smallest absolute Gasteiger partial charge is 0.0340 e. The van der Waals surface area contributed by atoms with Crippen molar-refractivity contribution in [2.45, 2.75) is 26.8 Å². The van der Waals surface area contributed by atoms with Crippen LogP contribution in [0.5, 0.6) is 0 Å². The third kappa shape index (κ3) is 2.58. The summed E-state index contributed by atoms with van der Waals surface area (Å²) < 4.78 is 1.18. The molecular formula is C12H18BrN. The first-order valence-electron chi connectivity index (χ1n) is 4.99. The highest BCUT2D eigenvalue weighted by Crippen LogP contribution is 2.25. The summed E-state index contributed by atoms with van der Waals surface area (Å²) in [5, 5.41) is 3.35. The summed E-state index contributed by atoms with van der Waals surface area (Å²) in [6.45, 7) is 6.59. The summed E-state index contributed by atoms with van der Waals surface area (Å²) >= 11 is 3.52. The highest BCUT2D eigenvalue weighted by Gasteiger charge is 2.13. The fraction of sp³-hybridized carbons (Fsp3) is 0.500. The van der Waals surface area contributed by atoms with E-state index in [9.17, 15) is 0 Å². The molecule has 0 radical (unpaired) electrons. The molecule has 0 saturated heterocycles. The Morgan fingerprint density at radius 1 is 1.29 bits per heavy atom. The second kappa shape index (κ2) is 4.94. The number of benzene rings is 1. The number of hydrogen-bond acceptors (Lipinski definition) is 1. The molecule has 1 rings (SSSR count). The lowest BCUT2D eigenvalue weighted by Crippen LogP contribution is -2.21. The molecule has 0 aliphatic heterocycles. The third-order valence-electron chi connectivity index (χ3n) is 2.52. The molecule has 1 aromatic carbocycles. The number of rotatable bonds is 3. The predicted molar refractivity (Wildman–Crippen MR) is 65.5 cm³/mol. The third-order valence-corrected chi connectivity index (χ3v) is 3.41. The minimum Gasteiger partial charge on any atom is -0.313 e. The number of aryl methyl sites for hydroxylation is 1. The molecule has 0 bridgehead atoms. The van der Waals surface area contributed by atoms with Crippen LogP contribution in [0.2, 0.25) is 0 Å². The van der Waals surface area contributed by atoms with Gasteiger partial charge in [-0.25, -0.2) is 0 Å².